The van der Waals surface area contributed by atoms with Crippen molar-refractivity contribution in [1.29, 1.82) is 0 Å². The Morgan fingerprint density at radius 3 is 2.70 bits per heavy atom. The van der Waals surface area contributed by atoms with E-state index in [-0.39, 0.29) is 0 Å². The zero-order valence-corrected chi connectivity index (χ0v) is 14.1. The van der Waals surface area contributed by atoms with E-state index >= 15 is 0 Å². The van der Waals surface area contributed by atoms with Crippen LogP contribution >= 0.6 is 0 Å². The number of hydrogen-bond acceptors (Lipinski definition) is 3. The van der Waals surface area contributed by atoms with Crippen LogP contribution in [-0.2, 0) is 6.42 Å². The summed E-state index contributed by atoms with van der Waals surface area (Å²) in [7, 11) is 0. The van der Waals surface area contributed by atoms with E-state index < -0.39 is 0 Å². The maximum atomic E-state index is 5.22. The highest BCUT2D eigenvalue weighted by atomic mass is 16.5. The number of nitrogens with zero attached hydrogens (tertiary/aromatic N) is 1. The van der Waals surface area contributed by atoms with E-state index in [1.165, 1.54) is 22.3 Å². The van der Waals surface area contributed by atoms with E-state index in [0.29, 0.717) is 6.04 Å². The number of aromatic nitrogens is 1. The molecule has 1 heterocycles. The van der Waals surface area contributed by atoms with E-state index in [9.17, 15) is 0 Å². The van der Waals surface area contributed by atoms with E-state index in [2.05, 4.69) is 59.9 Å². The Bertz CT molecular complexity index is 728. The minimum atomic E-state index is 0.347. The molecule has 3 nitrogen and oxygen atoms in total. The summed E-state index contributed by atoms with van der Waals surface area (Å²) >= 11 is 0. The number of rotatable bonds is 6. The van der Waals surface area contributed by atoms with Gasteiger partial charge in [0, 0.05) is 11.6 Å². The van der Waals surface area contributed by atoms with Crippen LogP contribution in [0.4, 0.5) is 0 Å². The maximum Gasteiger partial charge on any atom is 0.137 e. The zero-order valence-electron chi connectivity index (χ0n) is 14.1. The molecule has 0 aliphatic heterocycles. The van der Waals surface area contributed by atoms with Crippen LogP contribution in [0.2, 0.25) is 0 Å². The van der Waals surface area contributed by atoms with E-state index in [4.69, 9.17) is 4.52 Å². The SMILES string of the molecule is Cc1noc(C)c1CCCNC(C)c1ccc2cccccc1-2. The van der Waals surface area contributed by atoms with Crippen molar-refractivity contribution in [2.24, 2.45) is 0 Å². The van der Waals surface area contributed by atoms with Crippen molar-refractivity contribution in [3.05, 3.63) is 65.0 Å². The Morgan fingerprint density at radius 2 is 1.91 bits per heavy atom. The van der Waals surface area contributed by atoms with Gasteiger partial charge in [0.1, 0.15) is 5.76 Å². The molecule has 1 N–H and O–H groups in total. The van der Waals surface area contributed by atoms with Gasteiger partial charge in [0.15, 0.2) is 0 Å². The molecule has 0 spiro atoms. The molecule has 23 heavy (non-hydrogen) atoms. The molecular weight excluding hydrogens is 284 g/mol. The van der Waals surface area contributed by atoms with E-state index in [0.717, 1.165) is 30.8 Å². The predicted octanol–water partition coefficient (Wildman–Crippen LogP) is 4.68. The third-order valence-corrected chi connectivity index (χ3v) is 4.53. The second-order valence-electron chi connectivity index (χ2n) is 6.15. The Hall–Kier alpha value is -2.13. The number of nitrogens with one attached hydrogen (secondary N) is 1. The van der Waals surface area contributed by atoms with Crippen molar-refractivity contribution in [2.75, 3.05) is 6.54 Å². The van der Waals surface area contributed by atoms with Gasteiger partial charge in [0.2, 0.25) is 0 Å². The molecule has 3 heteroatoms. The van der Waals surface area contributed by atoms with E-state index in [1.54, 1.807) is 0 Å². The average Bonchev–Trinajstić information content (AvgIpc) is 2.99. The summed E-state index contributed by atoms with van der Waals surface area (Å²) in [5.74, 6) is 0.949. The highest BCUT2D eigenvalue weighted by Gasteiger charge is 2.14. The standard InChI is InChI=1S/C20H24N2O/c1-14(19-12-11-17-8-5-4-6-9-20(17)19)21-13-7-10-18-15(2)22-23-16(18)3/h4-6,8-9,11-12,14,21H,7,10,13H2,1-3H3. The lowest BCUT2D eigenvalue weighted by Crippen LogP contribution is -2.20. The summed E-state index contributed by atoms with van der Waals surface area (Å²) in [6.45, 7) is 7.22. The number of hydrogen-bond donors (Lipinski definition) is 1. The second-order valence-corrected chi connectivity index (χ2v) is 6.15. The van der Waals surface area contributed by atoms with Crippen LogP contribution in [0.25, 0.3) is 11.1 Å². The second kappa shape index (κ2) is 6.97. The van der Waals surface area contributed by atoms with Gasteiger partial charge in [-0.25, -0.2) is 0 Å². The fourth-order valence-corrected chi connectivity index (χ4v) is 3.17. The van der Waals surface area contributed by atoms with Crippen LogP contribution in [0.5, 0.6) is 0 Å². The van der Waals surface area contributed by atoms with Gasteiger partial charge in [0.25, 0.3) is 0 Å². The molecule has 0 bridgehead atoms. The molecule has 3 rings (SSSR count). The summed E-state index contributed by atoms with van der Waals surface area (Å²) in [6.07, 6.45) is 2.09. The van der Waals surface area contributed by atoms with Crippen molar-refractivity contribution < 1.29 is 4.52 Å². The number of fused-ring (bicyclic) bond motifs is 1. The Labute approximate surface area is 138 Å². The first kappa shape index (κ1) is 15.8. The molecule has 1 aromatic rings. The minimum absolute atomic E-state index is 0.347. The molecule has 0 fully saturated rings. The van der Waals surface area contributed by atoms with Crippen LogP contribution in [0.3, 0.4) is 0 Å². The van der Waals surface area contributed by atoms with Crippen molar-refractivity contribution in [3.63, 3.8) is 0 Å². The monoisotopic (exact) mass is 308 g/mol. The normalized spacial score (nSPS) is 12.7. The highest BCUT2D eigenvalue weighted by Crippen LogP contribution is 2.31. The first-order valence-corrected chi connectivity index (χ1v) is 8.29. The van der Waals surface area contributed by atoms with Crippen LogP contribution in [0.15, 0.2) is 47.0 Å². The van der Waals surface area contributed by atoms with Gasteiger partial charge >= 0.3 is 0 Å². The van der Waals surface area contributed by atoms with Gasteiger partial charge in [-0.05, 0) is 56.8 Å². The molecular formula is C20H24N2O. The molecule has 2 aliphatic carbocycles. The smallest absolute Gasteiger partial charge is 0.137 e. The highest BCUT2D eigenvalue weighted by molar-refractivity contribution is 5.70. The molecule has 0 aromatic carbocycles. The molecule has 120 valence electrons. The van der Waals surface area contributed by atoms with Crippen molar-refractivity contribution in [3.8, 4) is 11.1 Å². The lowest BCUT2D eigenvalue weighted by molar-refractivity contribution is 0.392. The van der Waals surface area contributed by atoms with Gasteiger partial charge in [0.05, 0.1) is 5.69 Å². The van der Waals surface area contributed by atoms with Gasteiger partial charge in [-0.2, -0.15) is 0 Å². The van der Waals surface area contributed by atoms with Gasteiger partial charge in [-0.15, -0.1) is 0 Å². The molecule has 0 radical (unpaired) electrons. The van der Waals surface area contributed by atoms with Crippen LogP contribution in [-0.4, -0.2) is 11.7 Å². The van der Waals surface area contributed by atoms with Gasteiger partial charge < -0.3 is 9.84 Å². The molecule has 0 amide bonds. The molecule has 2 aliphatic rings. The van der Waals surface area contributed by atoms with Crippen LogP contribution in [0.1, 0.15) is 42.0 Å². The minimum Gasteiger partial charge on any atom is -0.361 e. The van der Waals surface area contributed by atoms with Crippen LogP contribution in [0, 0.1) is 13.8 Å². The largest absolute Gasteiger partial charge is 0.361 e. The third kappa shape index (κ3) is 3.45. The number of aryl methyl sites for hydroxylation is 2. The Kier molecular flexibility index (Phi) is 4.77. The van der Waals surface area contributed by atoms with Gasteiger partial charge in [-0.1, -0.05) is 47.6 Å². The summed E-state index contributed by atoms with van der Waals surface area (Å²) in [4.78, 5) is 0. The first-order valence-electron chi connectivity index (χ1n) is 8.29. The molecule has 0 saturated heterocycles. The van der Waals surface area contributed by atoms with Gasteiger partial charge in [-0.3, -0.25) is 0 Å². The fourth-order valence-electron chi connectivity index (χ4n) is 3.17. The summed E-state index contributed by atoms with van der Waals surface area (Å²) in [6, 6.07) is 15.4. The molecule has 0 saturated carbocycles. The van der Waals surface area contributed by atoms with Crippen molar-refractivity contribution in [1.82, 2.24) is 10.5 Å². The molecule has 1 aromatic heterocycles. The predicted molar refractivity (Wildman–Crippen MR) is 93.8 cm³/mol. The van der Waals surface area contributed by atoms with Crippen molar-refractivity contribution in [2.45, 2.75) is 39.7 Å². The first-order chi connectivity index (χ1) is 11.2. The third-order valence-electron chi connectivity index (χ3n) is 4.53. The summed E-state index contributed by atoms with van der Waals surface area (Å²) < 4.78 is 5.22. The lowest BCUT2D eigenvalue weighted by atomic mass is 10.0. The van der Waals surface area contributed by atoms with Crippen LogP contribution < -0.4 is 5.32 Å². The average molecular weight is 308 g/mol. The summed E-state index contributed by atoms with van der Waals surface area (Å²) in [5, 5.41) is 7.65. The quantitative estimate of drug-likeness (QED) is 0.672. The fraction of sp³-hybridized carbons (Fsp3) is 0.350. The topological polar surface area (TPSA) is 38.1 Å². The maximum absolute atomic E-state index is 5.22. The summed E-state index contributed by atoms with van der Waals surface area (Å²) in [5.41, 5.74) is 6.28. The Morgan fingerprint density at radius 1 is 1.09 bits per heavy atom. The Balaban J connectivity index is 1.57. The van der Waals surface area contributed by atoms with Crippen molar-refractivity contribution >= 4 is 0 Å². The zero-order chi connectivity index (χ0) is 16.2. The molecule has 1 atom stereocenters. The molecule has 1 unspecified atom stereocenters. The lowest BCUT2D eigenvalue weighted by Gasteiger charge is -2.14. The van der Waals surface area contributed by atoms with E-state index in [1.807, 2.05) is 13.8 Å².